The van der Waals surface area contributed by atoms with E-state index in [-0.39, 0.29) is 0 Å². The molecule has 0 radical (unpaired) electrons. The largest absolute Gasteiger partial charge is 0.497 e. The van der Waals surface area contributed by atoms with Crippen molar-refractivity contribution in [1.82, 2.24) is 9.97 Å². The van der Waals surface area contributed by atoms with E-state index in [0.717, 1.165) is 41.6 Å². The van der Waals surface area contributed by atoms with Gasteiger partial charge >= 0.3 is 0 Å². The van der Waals surface area contributed by atoms with Crippen LogP contribution in [-0.4, -0.2) is 23.6 Å². The van der Waals surface area contributed by atoms with Gasteiger partial charge in [0.15, 0.2) is 5.82 Å². The number of methoxy groups -OCH3 is 1. The van der Waals surface area contributed by atoms with Crippen molar-refractivity contribution in [1.29, 1.82) is 0 Å². The molecule has 0 fully saturated rings. The van der Waals surface area contributed by atoms with Gasteiger partial charge in [-0.2, -0.15) is 0 Å². The number of aromatic nitrogens is 2. The van der Waals surface area contributed by atoms with E-state index in [1.807, 2.05) is 31.2 Å². The summed E-state index contributed by atoms with van der Waals surface area (Å²) in [5.74, 6) is 2.48. The van der Waals surface area contributed by atoms with Crippen molar-refractivity contribution in [3.63, 3.8) is 0 Å². The first-order chi connectivity index (χ1) is 9.69. The zero-order valence-electron chi connectivity index (χ0n) is 12.5. The molecule has 0 unspecified atom stereocenters. The number of nitrogens with zero attached hydrogens (tertiary/aromatic N) is 2. The molecule has 0 aliphatic heterocycles. The Hall–Kier alpha value is -2.10. The van der Waals surface area contributed by atoms with E-state index in [1.54, 1.807) is 7.11 Å². The standard InChI is InChI=1S/C16H21N3O/c1-5-14-11(3)18-15(19-16(14)17-6-2)12-8-7-9-13(10-12)20-4/h7-10H,5-6H2,1-4H3,(H,17,18,19). The van der Waals surface area contributed by atoms with E-state index in [4.69, 9.17) is 4.74 Å². The second-order valence-electron chi connectivity index (χ2n) is 4.58. The Balaban J connectivity index is 2.51. The molecule has 0 saturated carbocycles. The molecule has 0 atom stereocenters. The Morgan fingerprint density at radius 2 is 2.00 bits per heavy atom. The zero-order valence-corrected chi connectivity index (χ0v) is 12.5. The van der Waals surface area contributed by atoms with Gasteiger partial charge < -0.3 is 10.1 Å². The highest BCUT2D eigenvalue weighted by molar-refractivity contribution is 5.61. The van der Waals surface area contributed by atoms with Gasteiger partial charge in [-0.25, -0.2) is 9.97 Å². The van der Waals surface area contributed by atoms with Gasteiger partial charge in [-0.3, -0.25) is 0 Å². The Morgan fingerprint density at radius 1 is 1.20 bits per heavy atom. The highest BCUT2D eigenvalue weighted by Crippen LogP contribution is 2.25. The van der Waals surface area contributed by atoms with Crippen LogP contribution in [0.1, 0.15) is 25.1 Å². The minimum absolute atomic E-state index is 0.731. The van der Waals surface area contributed by atoms with Crippen molar-refractivity contribution in [2.75, 3.05) is 19.0 Å². The van der Waals surface area contributed by atoms with E-state index in [0.29, 0.717) is 0 Å². The lowest BCUT2D eigenvalue weighted by Gasteiger charge is -2.13. The fraction of sp³-hybridized carbons (Fsp3) is 0.375. The summed E-state index contributed by atoms with van der Waals surface area (Å²) < 4.78 is 5.26. The van der Waals surface area contributed by atoms with Crippen LogP contribution in [0.3, 0.4) is 0 Å². The molecule has 0 aliphatic rings. The van der Waals surface area contributed by atoms with Gasteiger partial charge in [-0.1, -0.05) is 19.1 Å². The van der Waals surface area contributed by atoms with Gasteiger partial charge in [0.05, 0.1) is 7.11 Å². The monoisotopic (exact) mass is 271 g/mol. The van der Waals surface area contributed by atoms with Crippen LogP contribution < -0.4 is 10.1 Å². The van der Waals surface area contributed by atoms with Gasteiger partial charge in [0.2, 0.25) is 0 Å². The molecule has 0 amide bonds. The lowest BCUT2D eigenvalue weighted by atomic mass is 10.1. The van der Waals surface area contributed by atoms with E-state index in [9.17, 15) is 0 Å². The first kappa shape index (κ1) is 14.3. The molecule has 1 N–H and O–H groups in total. The Labute approximate surface area is 120 Å². The number of ether oxygens (including phenoxy) is 1. The summed E-state index contributed by atoms with van der Waals surface area (Å²) in [6, 6.07) is 7.82. The lowest BCUT2D eigenvalue weighted by Crippen LogP contribution is -2.08. The molecular weight excluding hydrogens is 250 g/mol. The van der Waals surface area contributed by atoms with Crippen molar-refractivity contribution in [3.8, 4) is 17.1 Å². The fourth-order valence-electron chi connectivity index (χ4n) is 2.22. The van der Waals surface area contributed by atoms with E-state index in [2.05, 4.69) is 29.1 Å². The maximum absolute atomic E-state index is 5.26. The normalized spacial score (nSPS) is 10.4. The predicted molar refractivity (Wildman–Crippen MR) is 82.3 cm³/mol. The number of nitrogens with one attached hydrogen (secondary N) is 1. The second kappa shape index (κ2) is 6.37. The van der Waals surface area contributed by atoms with E-state index < -0.39 is 0 Å². The molecule has 0 aliphatic carbocycles. The SMILES string of the molecule is CCNc1nc(-c2cccc(OC)c2)nc(C)c1CC. The number of benzene rings is 1. The Morgan fingerprint density at radius 3 is 2.65 bits per heavy atom. The summed E-state index contributed by atoms with van der Waals surface area (Å²) in [6.07, 6.45) is 0.923. The summed E-state index contributed by atoms with van der Waals surface area (Å²) in [5.41, 5.74) is 3.17. The Bertz CT molecular complexity index is 596. The summed E-state index contributed by atoms with van der Waals surface area (Å²) >= 11 is 0. The van der Waals surface area contributed by atoms with E-state index in [1.165, 1.54) is 5.56 Å². The molecule has 2 rings (SSSR count). The molecule has 106 valence electrons. The quantitative estimate of drug-likeness (QED) is 0.904. The fourth-order valence-corrected chi connectivity index (χ4v) is 2.22. The van der Waals surface area contributed by atoms with Crippen LogP contribution in [0.4, 0.5) is 5.82 Å². The van der Waals surface area contributed by atoms with Gasteiger partial charge in [0.1, 0.15) is 11.6 Å². The minimum Gasteiger partial charge on any atom is -0.497 e. The third-order valence-corrected chi connectivity index (χ3v) is 3.24. The first-order valence-electron chi connectivity index (χ1n) is 6.95. The number of aryl methyl sites for hydroxylation is 1. The molecule has 4 heteroatoms. The van der Waals surface area contributed by atoms with Gasteiger partial charge in [0, 0.05) is 23.4 Å². The van der Waals surface area contributed by atoms with Crippen molar-refractivity contribution in [2.45, 2.75) is 27.2 Å². The van der Waals surface area contributed by atoms with Crippen LogP contribution in [0.15, 0.2) is 24.3 Å². The Kier molecular flexibility index (Phi) is 4.56. The average molecular weight is 271 g/mol. The van der Waals surface area contributed by atoms with Gasteiger partial charge in [-0.15, -0.1) is 0 Å². The van der Waals surface area contributed by atoms with Crippen molar-refractivity contribution < 1.29 is 4.74 Å². The minimum atomic E-state index is 0.731. The predicted octanol–water partition coefficient (Wildman–Crippen LogP) is 3.45. The maximum atomic E-state index is 5.26. The van der Waals surface area contributed by atoms with Crippen LogP contribution in [-0.2, 0) is 6.42 Å². The topological polar surface area (TPSA) is 47.0 Å². The number of anilines is 1. The molecule has 0 spiro atoms. The van der Waals surface area contributed by atoms with Crippen molar-refractivity contribution in [2.24, 2.45) is 0 Å². The molecule has 1 heterocycles. The molecular formula is C16H21N3O. The van der Waals surface area contributed by atoms with Crippen LogP contribution in [0.25, 0.3) is 11.4 Å². The third kappa shape index (κ3) is 2.90. The molecule has 0 bridgehead atoms. The molecule has 1 aromatic carbocycles. The van der Waals surface area contributed by atoms with Gasteiger partial charge in [-0.05, 0) is 32.4 Å². The van der Waals surface area contributed by atoms with Crippen molar-refractivity contribution >= 4 is 5.82 Å². The number of hydrogen-bond acceptors (Lipinski definition) is 4. The summed E-state index contributed by atoms with van der Waals surface area (Å²) in [7, 11) is 1.66. The van der Waals surface area contributed by atoms with Crippen molar-refractivity contribution in [3.05, 3.63) is 35.5 Å². The third-order valence-electron chi connectivity index (χ3n) is 3.24. The lowest BCUT2D eigenvalue weighted by molar-refractivity contribution is 0.415. The van der Waals surface area contributed by atoms with Crippen LogP contribution >= 0.6 is 0 Å². The smallest absolute Gasteiger partial charge is 0.161 e. The molecule has 1 aromatic heterocycles. The average Bonchev–Trinajstić information content (AvgIpc) is 2.47. The van der Waals surface area contributed by atoms with Crippen LogP contribution in [0.5, 0.6) is 5.75 Å². The molecule has 0 saturated heterocycles. The second-order valence-corrected chi connectivity index (χ2v) is 4.58. The summed E-state index contributed by atoms with van der Waals surface area (Å²) in [4.78, 5) is 9.29. The molecule has 4 nitrogen and oxygen atoms in total. The highest BCUT2D eigenvalue weighted by atomic mass is 16.5. The van der Waals surface area contributed by atoms with Crippen LogP contribution in [0, 0.1) is 6.92 Å². The van der Waals surface area contributed by atoms with Gasteiger partial charge in [0.25, 0.3) is 0 Å². The zero-order chi connectivity index (χ0) is 14.5. The molecule has 20 heavy (non-hydrogen) atoms. The maximum Gasteiger partial charge on any atom is 0.161 e. The molecule has 2 aromatic rings. The number of rotatable bonds is 5. The highest BCUT2D eigenvalue weighted by Gasteiger charge is 2.11. The summed E-state index contributed by atoms with van der Waals surface area (Å²) in [6.45, 7) is 7.08. The first-order valence-corrected chi connectivity index (χ1v) is 6.95. The van der Waals surface area contributed by atoms with Crippen LogP contribution in [0.2, 0.25) is 0 Å². The summed E-state index contributed by atoms with van der Waals surface area (Å²) in [5, 5.41) is 3.32. The number of hydrogen-bond donors (Lipinski definition) is 1. The van der Waals surface area contributed by atoms with E-state index >= 15 is 0 Å².